The fourth-order valence-electron chi connectivity index (χ4n) is 3.18. The van der Waals surface area contributed by atoms with Gasteiger partial charge in [0.1, 0.15) is 11.5 Å². The lowest BCUT2D eigenvalue weighted by Gasteiger charge is -2.32. The second kappa shape index (κ2) is 10.0. The molecule has 0 aliphatic carbocycles. The predicted molar refractivity (Wildman–Crippen MR) is 99.2 cm³/mol. The second-order valence-electron chi connectivity index (χ2n) is 6.48. The van der Waals surface area contributed by atoms with Gasteiger partial charge in [-0.3, -0.25) is 9.59 Å². The number of hydrogen-bond donors (Lipinski definition) is 2. The molecule has 1 fully saturated rings. The lowest BCUT2D eigenvalue weighted by molar-refractivity contribution is -0.135. The summed E-state index contributed by atoms with van der Waals surface area (Å²) in [4.78, 5) is 26.5. The van der Waals surface area contributed by atoms with E-state index in [4.69, 9.17) is 15.2 Å². The fourth-order valence-corrected chi connectivity index (χ4v) is 3.18. The molecule has 1 aliphatic rings. The van der Waals surface area contributed by atoms with Gasteiger partial charge in [-0.15, -0.1) is 0 Å². The van der Waals surface area contributed by atoms with Crippen LogP contribution in [0.2, 0.25) is 0 Å². The van der Waals surface area contributed by atoms with Gasteiger partial charge in [-0.25, -0.2) is 0 Å². The number of ether oxygens (including phenoxy) is 2. The quantitative estimate of drug-likeness (QED) is 0.717. The summed E-state index contributed by atoms with van der Waals surface area (Å²) in [5, 5.41) is 2.82. The number of hydrogen-bond acceptors (Lipinski definition) is 5. The van der Waals surface area contributed by atoms with Crippen molar-refractivity contribution >= 4 is 11.8 Å². The molecule has 7 nitrogen and oxygen atoms in total. The van der Waals surface area contributed by atoms with E-state index in [2.05, 4.69) is 5.32 Å². The summed E-state index contributed by atoms with van der Waals surface area (Å²) in [6, 6.07) is 5.63. The van der Waals surface area contributed by atoms with Gasteiger partial charge in [0.25, 0.3) is 0 Å². The van der Waals surface area contributed by atoms with Crippen molar-refractivity contribution < 1.29 is 19.1 Å². The van der Waals surface area contributed by atoms with E-state index in [0.29, 0.717) is 50.5 Å². The minimum atomic E-state index is -0.142. The maximum absolute atomic E-state index is 12.6. The molecule has 0 saturated carbocycles. The number of benzene rings is 1. The summed E-state index contributed by atoms with van der Waals surface area (Å²) in [5.41, 5.74) is 6.41. The summed E-state index contributed by atoms with van der Waals surface area (Å²) in [6.45, 7) is 2.09. The molecule has 1 unspecified atom stereocenters. The number of rotatable bonds is 8. The van der Waals surface area contributed by atoms with Gasteiger partial charge in [0.15, 0.2) is 0 Å². The van der Waals surface area contributed by atoms with E-state index in [1.807, 2.05) is 12.1 Å². The molecule has 3 N–H and O–H groups in total. The first kappa shape index (κ1) is 20.0. The molecule has 26 heavy (non-hydrogen) atoms. The summed E-state index contributed by atoms with van der Waals surface area (Å²) in [5.74, 6) is 1.34. The first-order chi connectivity index (χ1) is 12.6. The Labute approximate surface area is 154 Å². The van der Waals surface area contributed by atoms with E-state index in [1.165, 1.54) is 0 Å². The first-order valence-electron chi connectivity index (χ1n) is 9.05. The summed E-state index contributed by atoms with van der Waals surface area (Å²) in [7, 11) is 3.21. The summed E-state index contributed by atoms with van der Waals surface area (Å²) < 4.78 is 10.5. The topological polar surface area (TPSA) is 93.9 Å². The molecule has 0 spiro atoms. The molecule has 144 valence electrons. The number of likely N-dealkylation sites (tertiary alicyclic amines) is 1. The van der Waals surface area contributed by atoms with Crippen LogP contribution in [0.1, 0.15) is 24.8 Å². The van der Waals surface area contributed by atoms with Crippen LogP contribution in [0.15, 0.2) is 18.2 Å². The third-order valence-electron chi connectivity index (χ3n) is 4.63. The SMILES string of the molecule is COc1cc(CCC(=O)N2CCCC(C(=O)NCCN)C2)cc(OC)c1. The van der Waals surface area contributed by atoms with Crippen LogP contribution in [0.25, 0.3) is 0 Å². The van der Waals surface area contributed by atoms with Crippen LogP contribution in [0, 0.1) is 5.92 Å². The number of carbonyl (C=O) groups is 2. The van der Waals surface area contributed by atoms with Crippen molar-refractivity contribution in [1.29, 1.82) is 0 Å². The van der Waals surface area contributed by atoms with Crippen molar-refractivity contribution in [2.75, 3.05) is 40.4 Å². The number of nitrogens with two attached hydrogens (primary N) is 1. The van der Waals surface area contributed by atoms with Crippen molar-refractivity contribution in [3.8, 4) is 11.5 Å². The molecule has 2 amide bonds. The Morgan fingerprint density at radius 3 is 2.54 bits per heavy atom. The van der Waals surface area contributed by atoms with E-state index in [1.54, 1.807) is 25.2 Å². The Morgan fingerprint density at radius 1 is 1.23 bits per heavy atom. The van der Waals surface area contributed by atoms with E-state index in [9.17, 15) is 9.59 Å². The van der Waals surface area contributed by atoms with Crippen LogP contribution in [0.3, 0.4) is 0 Å². The second-order valence-corrected chi connectivity index (χ2v) is 6.48. The molecule has 1 aromatic rings. The van der Waals surface area contributed by atoms with Gasteiger partial charge >= 0.3 is 0 Å². The highest BCUT2D eigenvalue weighted by Crippen LogP contribution is 2.24. The lowest BCUT2D eigenvalue weighted by atomic mass is 9.96. The van der Waals surface area contributed by atoms with Crippen molar-refractivity contribution in [3.63, 3.8) is 0 Å². The number of amides is 2. The average molecular weight is 363 g/mol. The molecule has 0 bridgehead atoms. The van der Waals surface area contributed by atoms with E-state index in [0.717, 1.165) is 18.4 Å². The monoisotopic (exact) mass is 363 g/mol. The van der Waals surface area contributed by atoms with Crippen LogP contribution >= 0.6 is 0 Å². The minimum absolute atomic E-state index is 0.00881. The van der Waals surface area contributed by atoms with E-state index < -0.39 is 0 Å². The Morgan fingerprint density at radius 2 is 1.92 bits per heavy atom. The smallest absolute Gasteiger partial charge is 0.224 e. The maximum atomic E-state index is 12.6. The maximum Gasteiger partial charge on any atom is 0.224 e. The number of methoxy groups -OCH3 is 2. The Hall–Kier alpha value is -2.28. The van der Waals surface area contributed by atoms with Crippen LogP contribution in [0.4, 0.5) is 0 Å². The minimum Gasteiger partial charge on any atom is -0.497 e. The molecule has 7 heteroatoms. The molecule has 2 rings (SSSR count). The number of carbonyl (C=O) groups excluding carboxylic acids is 2. The van der Waals surface area contributed by atoms with Crippen molar-refractivity contribution in [1.82, 2.24) is 10.2 Å². The van der Waals surface area contributed by atoms with Crippen LogP contribution in [-0.2, 0) is 16.0 Å². The molecule has 0 radical (unpaired) electrons. The first-order valence-corrected chi connectivity index (χ1v) is 9.05. The highest BCUT2D eigenvalue weighted by molar-refractivity contribution is 5.81. The molecule has 1 atom stereocenters. The Balaban J connectivity index is 1.90. The van der Waals surface area contributed by atoms with E-state index >= 15 is 0 Å². The fraction of sp³-hybridized carbons (Fsp3) is 0.579. The molecule has 1 aromatic carbocycles. The molecular formula is C19H29N3O4. The van der Waals surface area contributed by atoms with Gasteiger partial charge in [0, 0.05) is 38.7 Å². The Kier molecular flexibility index (Phi) is 7.72. The molecule has 1 heterocycles. The third-order valence-corrected chi connectivity index (χ3v) is 4.63. The number of nitrogens with one attached hydrogen (secondary N) is 1. The number of aryl methyl sites for hydroxylation is 1. The average Bonchev–Trinajstić information content (AvgIpc) is 2.69. The van der Waals surface area contributed by atoms with Gasteiger partial charge < -0.3 is 25.4 Å². The lowest BCUT2D eigenvalue weighted by Crippen LogP contribution is -2.46. The molecule has 1 aliphatic heterocycles. The van der Waals surface area contributed by atoms with Gasteiger partial charge in [0.2, 0.25) is 11.8 Å². The zero-order chi connectivity index (χ0) is 18.9. The normalized spacial score (nSPS) is 16.9. The predicted octanol–water partition coefficient (Wildman–Crippen LogP) is 0.950. The summed E-state index contributed by atoms with van der Waals surface area (Å²) >= 11 is 0. The van der Waals surface area contributed by atoms with Gasteiger partial charge in [-0.2, -0.15) is 0 Å². The molecular weight excluding hydrogens is 334 g/mol. The van der Waals surface area contributed by atoms with Crippen LogP contribution < -0.4 is 20.5 Å². The van der Waals surface area contributed by atoms with Crippen molar-refractivity contribution in [2.45, 2.75) is 25.7 Å². The highest BCUT2D eigenvalue weighted by atomic mass is 16.5. The van der Waals surface area contributed by atoms with Crippen LogP contribution in [-0.4, -0.2) is 57.1 Å². The Bertz CT molecular complexity index is 599. The summed E-state index contributed by atoms with van der Waals surface area (Å²) in [6.07, 6.45) is 2.66. The molecule has 1 saturated heterocycles. The van der Waals surface area contributed by atoms with Gasteiger partial charge in [0.05, 0.1) is 20.1 Å². The number of nitrogens with zero attached hydrogens (tertiary/aromatic N) is 1. The van der Waals surface area contributed by atoms with E-state index in [-0.39, 0.29) is 17.7 Å². The zero-order valence-corrected chi connectivity index (χ0v) is 15.6. The van der Waals surface area contributed by atoms with Crippen molar-refractivity contribution in [3.05, 3.63) is 23.8 Å². The van der Waals surface area contributed by atoms with Crippen molar-refractivity contribution in [2.24, 2.45) is 11.7 Å². The largest absolute Gasteiger partial charge is 0.497 e. The number of piperidine rings is 1. The van der Waals surface area contributed by atoms with Gasteiger partial charge in [-0.05, 0) is 37.0 Å². The highest BCUT2D eigenvalue weighted by Gasteiger charge is 2.27. The third kappa shape index (κ3) is 5.62. The van der Waals surface area contributed by atoms with Gasteiger partial charge in [-0.1, -0.05) is 0 Å². The van der Waals surface area contributed by atoms with Crippen LogP contribution in [0.5, 0.6) is 11.5 Å². The molecule has 0 aromatic heterocycles. The zero-order valence-electron chi connectivity index (χ0n) is 15.6. The standard InChI is InChI=1S/C19H29N3O4/c1-25-16-10-14(11-17(12-16)26-2)5-6-18(23)22-9-3-4-15(13-22)19(24)21-8-7-20/h10-12,15H,3-9,13,20H2,1-2H3,(H,21,24).